The largest absolute Gasteiger partial charge is 0.490 e. The molecule has 3 rings (SSSR count). The van der Waals surface area contributed by atoms with Crippen LogP contribution in [-0.4, -0.2) is 6.10 Å². The first-order valence-electron chi connectivity index (χ1n) is 6.41. The van der Waals surface area contributed by atoms with Crippen LogP contribution in [0.25, 0.3) is 10.8 Å². The number of fused-ring (bicyclic) bond motifs is 1. The highest BCUT2D eigenvalue weighted by molar-refractivity contribution is 5.87. The number of benzene rings is 2. The average molecular weight is 226 g/mol. The van der Waals surface area contributed by atoms with E-state index in [0.717, 1.165) is 11.7 Å². The molecule has 0 heterocycles. The van der Waals surface area contributed by atoms with Gasteiger partial charge in [-0.1, -0.05) is 30.3 Å². The van der Waals surface area contributed by atoms with Gasteiger partial charge in [-0.05, 0) is 55.0 Å². The van der Waals surface area contributed by atoms with Crippen molar-refractivity contribution in [3.63, 3.8) is 0 Å². The first-order chi connectivity index (χ1) is 8.25. The van der Waals surface area contributed by atoms with Crippen LogP contribution in [0.2, 0.25) is 0 Å². The molecule has 0 aliphatic heterocycles. The van der Waals surface area contributed by atoms with Crippen molar-refractivity contribution >= 4 is 10.8 Å². The molecular formula is C16H18O. The van der Waals surface area contributed by atoms with Crippen molar-refractivity contribution in [2.24, 2.45) is 5.92 Å². The fourth-order valence-corrected chi connectivity index (χ4v) is 2.40. The quantitative estimate of drug-likeness (QED) is 0.757. The van der Waals surface area contributed by atoms with Gasteiger partial charge >= 0.3 is 0 Å². The average Bonchev–Trinajstić information content (AvgIpc) is 3.17. The van der Waals surface area contributed by atoms with Gasteiger partial charge in [0.25, 0.3) is 0 Å². The monoisotopic (exact) mass is 226 g/mol. The minimum Gasteiger partial charge on any atom is -0.490 e. The number of rotatable bonds is 3. The summed E-state index contributed by atoms with van der Waals surface area (Å²) in [7, 11) is 0. The van der Waals surface area contributed by atoms with E-state index in [1.807, 2.05) is 0 Å². The first kappa shape index (κ1) is 10.6. The van der Waals surface area contributed by atoms with E-state index in [4.69, 9.17) is 4.74 Å². The summed E-state index contributed by atoms with van der Waals surface area (Å²) < 4.78 is 6.08. The van der Waals surface area contributed by atoms with Crippen LogP contribution in [0.1, 0.15) is 25.3 Å². The first-order valence-corrected chi connectivity index (χ1v) is 6.41. The standard InChI is InChI=1S/C16H18O/c1-11-15-6-4-3-5-14(15)9-10-16(11)17-12(2)13-7-8-13/h3-6,9-10,12-13H,7-8H2,1-2H3. The van der Waals surface area contributed by atoms with Crippen LogP contribution in [0.4, 0.5) is 0 Å². The zero-order chi connectivity index (χ0) is 11.8. The summed E-state index contributed by atoms with van der Waals surface area (Å²) in [5.74, 6) is 1.82. The molecule has 1 atom stereocenters. The van der Waals surface area contributed by atoms with Gasteiger partial charge in [-0.2, -0.15) is 0 Å². The highest BCUT2D eigenvalue weighted by atomic mass is 16.5. The van der Waals surface area contributed by atoms with E-state index in [1.165, 1.54) is 29.2 Å². The topological polar surface area (TPSA) is 9.23 Å². The summed E-state index contributed by atoms with van der Waals surface area (Å²) in [5, 5.41) is 2.59. The lowest BCUT2D eigenvalue weighted by Gasteiger charge is -2.17. The fourth-order valence-electron chi connectivity index (χ4n) is 2.40. The maximum Gasteiger partial charge on any atom is 0.123 e. The summed E-state index contributed by atoms with van der Waals surface area (Å²) in [6.45, 7) is 4.34. The zero-order valence-electron chi connectivity index (χ0n) is 10.4. The molecule has 0 spiro atoms. The smallest absolute Gasteiger partial charge is 0.123 e. The van der Waals surface area contributed by atoms with Crippen LogP contribution in [0.15, 0.2) is 36.4 Å². The Morgan fingerprint density at radius 2 is 1.88 bits per heavy atom. The van der Waals surface area contributed by atoms with E-state index in [0.29, 0.717) is 6.10 Å². The van der Waals surface area contributed by atoms with Crippen LogP contribution < -0.4 is 4.74 Å². The lowest BCUT2D eigenvalue weighted by atomic mass is 10.0. The van der Waals surface area contributed by atoms with Gasteiger partial charge in [0, 0.05) is 0 Å². The number of hydrogen-bond donors (Lipinski definition) is 0. The van der Waals surface area contributed by atoms with Crippen LogP contribution in [-0.2, 0) is 0 Å². The molecule has 1 fully saturated rings. The normalized spacial score (nSPS) is 17.1. The van der Waals surface area contributed by atoms with Gasteiger partial charge < -0.3 is 4.74 Å². The van der Waals surface area contributed by atoms with Crippen LogP contribution >= 0.6 is 0 Å². The summed E-state index contributed by atoms with van der Waals surface area (Å²) in [4.78, 5) is 0. The van der Waals surface area contributed by atoms with Crippen molar-refractivity contribution in [3.05, 3.63) is 42.0 Å². The number of aryl methyl sites for hydroxylation is 1. The molecule has 1 unspecified atom stereocenters. The molecule has 0 saturated heterocycles. The van der Waals surface area contributed by atoms with Crippen molar-refractivity contribution in [1.82, 2.24) is 0 Å². The second kappa shape index (κ2) is 4.06. The molecule has 0 N–H and O–H groups in total. The van der Waals surface area contributed by atoms with Crippen LogP contribution in [0.5, 0.6) is 5.75 Å². The van der Waals surface area contributed by atoms with Gasteiger partial charge in [0.15, 0.2) is 0 Å². The third-order valence-corrected chi connectivity index (χ3v) is 3.75. The van der Waals surface area contributed by atoms with Gasteiger partial charge in [0.1, 0.15) is 5.75 Å². The van der Waals surface area contributed by atoms with E-state index < -0.39 is 0 Å². The number of hydrogen-bond acceptors (Lipinski definition) is 1. The zero-order valence-corrected chi connectivity index (χ0v) is 10.4. The molecule has 1 aliphatic rings. The minimum atomic E-state index is 0.356. The highest BCUT2D eigenvalue weighted by Crippen LogP contribution is 2.36. The van der Waals surface area contributed by atoms with E-state index in [9.17, 15) is 0 Å². The minimum absolute atomic E-state index is 0.356. The highest BCUT2D eigenvalue weighted by Gasteiger charge is 2.29. The molecular weight excluding hydrogens is 208 g/mol. The Hall–Kier alpha value is -1.50. The molecule has 0 aromatic heterocycles. The van der Waals surface area contributed by atoms with Crippen LogP contribution in [0, 0.1) is 12.8 Å². The predicted molar refractivity (Wildman–Crippen MR) is 71.5 cm³/mol. The van der Waals surface area contributed by atoms with Gasteiger partial charge in [-0.3, -0.25) is 0 Å². The maximum absolute atomic E-state index is 6.08. The van der Waals surface area contributed by atoms with Crippen molar-refractivity contribution in [2.45, 2.75) is 32.8 Å². The second-order valence-corrected chi connectivity index (χ2v) is 5.07. The molecule has 2 aromatic carbocycles. The molecule has 1 aliphatic carbocycles. The van der Waals surface area contributed by atoms with E-state index in [1.54, 1.807) is 0 Å². The molecule has 1 nitrogen and oxygen atoms in total. The Kier molecular flexibility index (Phi) is 2.54. The Morgan fingerprint density at radius 3 is 2.65 bits per heavy atom. The summed E-state index contributed by atoms with van der Waals surface area (Å²) in [6, 6.07) is 12.7. The Bertz CT molecular complexity index is 540. The van der Waals surface area contributed by atoms with Gasteiger partial charge in [0.05, 0.1) is 6.10 Å². The third-order valence-electron chi connectivity index (χ3n) is 3.75. The molecule has 0 amide bonds. The molecule has 2 aromatic rings. The van der Waals surface area contributed by atoms with Gasteiger partial charge in [-0.15, -0.1) is 0 Å². The molecule has 0 radical (unpaired) electrons. The van der Waals surface area contributed by atoms with Crippen LogP contribution in [0.3, 0.4) is 0 Å². The number of ether oxygens (including phenoxy) is 1. The van der Waals surface area contributed by atoms with Gasteiger partial charge in [0.2, 0.25) is 0 Å². The van der Waals surface area contributed by atoms with Crippen molar-refractivity contribution in [2.75, 3.05) is 0 Å². The van der Waals surface area contributed by atoms with E-state index in [2.05, 4.69) is 50.2 Å². The summed E-state index contributed by atoms with van der Waals surface area (Å²) in [5.41, 5.74) is 1.26. The van der Waals surface area contributed by atoms with Gasteiger partial charge in [-0.25, -0.2) is 0 Å². The van der Waals surface area contributed by atoms with E-state index >= 15 is 0 Å². The van der Waals surface area contributed by atoms with Crippen molar-refractivity contribution in [1.29, 1.82) is 0 Å². The molecule has 0 bridgehead atoms. The fraction of sp³-hybridized carbons (Fsp3) is 0.375. The van der Waals surface area contributed by atoms with E-state index in [-0.39, 0.29) is 0 Å². The molecule has 17 heavy (non-hydrogen) atoms. The molecule has 1 heteroatoms. The predicted octanol–water partition coefficient (Wildman–Crippen LogP) is 4.33. The lowest BCUT2D eigenvalue weighted by molar-refractivity contribution is 0.197. The third kappa shape index (κ3) is 2.02. The lowest BCUT2D eigenvalue weighted by Crippen LogP contribution is -2.14. The Morgan fingerprint density at radius 1 is 1.12 bits per heavy atom. The second-order valence-electron chi connectivity index (χ2n) is 5.07. The molecule has 1 saturated carbocycles. The summed E-state index contributed by atoms with van der Waals surface area (Å²) >= 11 is 0. The summed E-state index contributed by atoms with van der Waals surface area (Å²) in [6.07, 6.45) is 3.01. The Balaban J connectivity index is 1.96. The molecule has 88 valence electrons. The van der Waals surface area contributed by atoms with Crippen molar-refractivity contribution in [3.8, 4) is 5.75 Å². The maximum atomic E-state index is 6.08. The SMILES string of the molecule is Cc1c(OC(C)C2CC2)ccc2ccccc12. The van der Waals surface area contributed by atoms with Crippen molar-refractivity contribution < 1.29 is 4.74 Å². The Labute approximate surface area is 102 Å².